The third kappa shape index (κ3) is 3.53. The minimum Gasteiger partial charge on any atom is -0.460 e. The van der Waals surface area contributed by atoms with Gasteiger partial charge in [0.05, 0.1) is 10.8 Å². The van der Waals surface area contributed by atoms with Crippen LogP contribution in [0.3, 0.4) is 0 Å². The van der Waals surface area contributed by atoms with Crippen molar-refractivity contribution in [1.82, 2.24) is 0 Å². The molecule has 4 atom stereocenters. The second-order valence-electron chi connectivity index (χ2n) is 7.59. The van der Waals surface area contributed by atoms with Crippen LogP contribution in [0.2, 0.25) is 0 Å². The van der Waals surface area contributed by atoms with Gasteiger partial charge in [-0.1, -0.05) is 74.7 Å². The van der Waals surface area contributed by atoms with Crippen molar-refractivity contribution in [3.8, 4) is 0 Å². The van der Waals surface area contributed by atoms with Gasteiger partial charge in [-0.05, 0) is 31.0 Å². The third-order valence-corrected chi connectivity index (χ3v) is 8.87. The van der Waals surface area contributed by atoms with E-state index in [2.05, 4.69) is 6.92 Å². The number of rotatable bonds is 8. The molecule has 0 spiro atoms. The van der Waals surface area contributed by atoms with E-state index in [4.69, 9.17) is 16.3 Å². The Morgan fingerprint density at radius 3 is 2.39 bits per heavy atom. The molecule has 2 aromatic carbocycles. The van der Waals surface area contributed by atoms with Crippen LogP contribution in [0.25, 0.3) is 0 Å². The Kier molecular flexibility index (Phi) is 6.31. The number of unbranched alkanes of at least 4 members (excludes halogenated alkanes) is 1. The Bertz CT molecular complexity index is 852. The Morgan fingerprint density at radius 1 is 1.14 bits per heavy atom. The zero-order valence-electron chi connectivity index (χ0n) is 16.6. The van der Waals surface area contributed by atoms with Crippen LogP contribution in [-0.2, 0) is 26.9 Å². The lowest BCUT2D eigenvalue weighted by Crippen LogP contribution is -2.30. The fourth-order valence-electron chi connectivity index (χ4n) is 3.92. The van der Waals surface area contributed by atoms with Crippen molar-refractivity contribution >= 4 is 28.4 Å². The normalized spacial score (nSPS) is 27.2. The predicted molar refractivity (Wildman–Crippen MR) is 114 cm³/mol. The number of aryl methyl sites for hydroxylation is 1. The van der Waals surface area contributed by atoms with Gasteiger partial charge in [-0.25, -0.2) is 0 Å². The van der Waals surface area contributed by atoms with E-state index in [1.54, 1.807) is 0 Å². The summed E-state index contributed by atoms with van der Waals surface area (Å²) < 4.78 is 17.9. The highest BCUT2D eigenvalue weighted by atomic mass is 35.5. The predicted octanol–water partition coefficient (Wildman–Crippen LogP) is 5.61. The quantitative estimate of drug-likeness (QED) is 0.413. The minimum absolute atomic E-state index is 0.199. The molecule has 150 valence electrons. The molecule has 1 saturated carbocycles. The number of carbonyl (C=O) groups excluding carboxylic acids is 1. The first-order valence-corrected chi connectivity index (χ1v) is 11.3. The van der Waals surface area contributed by atoms with Gasteiger partial charge in [-0.2, -0.15) is 0 Å². The number of hydrogen-bond donors (Lipinski definition) is 0. The first-order chi connectivity index (χ1) is 13.4. The number of ether oxygens (including phenoxy) is 1. The van der Waals surface area contributed by atoms with Gasteiger partial charge in [0.1, 0.15) is 16.2 Å². The van der Waals surface area contributed by atoms with Crippen LogP contribution in [0.5, 0.6) is 0 Å². The molecule has 1 unspecified atom stereocenters. The molecular formula is C23H27ClO3S. The van der Waals surface area contributed by atoms with E-state index in [0.717, 1.165) is 24.0 Å². The fourth-order valence-corrected chi connectivity index (χ4v) is 6.54. The van der Waals surface area contributed by atoms with Gasteiger partial charge >= 0.3 is 5.97 Å². The maximum atomic E-state index is 13.4. The van der Waals surface area contributed by atoms with Crippen LogP contribution in [0.15, 0.2) is 59.5 Å². The first-order valence-electron chi connectivity index (χ1n) is 9.76. The minimum atomic E-state index is -1.50. The molecule has 0 amide bonds. The number of alkyl halides is 1. The lowest BCUT2D eigenvalue weighted by atomic mass is 9.96. The number of hydrogen-bond acceptors (Lipinski definition) is 3. The highest BCUT2D eigenvalue weighted by Crippen LogP contribution is 2.71. The molecule has 0 N–H and O–H groups in total. The summed E-state index contributed by atoms with van der Waals surface area (Å²) in [5, 5.41) is 0. The number of halogens is 1. The van der Waals surface area contributed by atoms with Crippen molar-refractivity contribution in [2.45, 2.75) is 55.7 Å². The van der Waals surface area contributed by atoms with Gasteiger partial charge in [-0.3, -0.25) is 9.00 Å². The van der Waals surface area contributed by atoms with E-state index < -0.39 is 20.4 Å². The number of esters is 1. The van der Waals surface area contributed by atoms with E-state index in [0.29, 0.717) is 11.3 Å². The second-order valence-corrected chi connectivity index (χ2v) is 10.1. The molecule has 0 aliphatic heterocycles. The maximum Gasteiger partial charge on any atom is 0.315 e. The number of benzene rings is 2. The molecule has 0 heterocycles. The molecule has 0 bridgehead atoms. The van der Waals surface area contributed by atoms with Gasteiger partial charge < -0.3 is 4.74 Å². The molecule has 1 aliphatic rings. The van der Waals surface area contributed by atoms with Crippen LogP contribution >= 0.6 is 11.6 Å². The van der Waals surface area contributed by atoms with Gasteiger partial charge in [0.15, 0.2) is 0 Å². The highest BCUT2D eigenvalue weighted by Gasteiger charge is 2.81. The molecule has 3 rings (SSSR count). The zero-order chi connectivity index (χ0) is 20.4. The molecule has 3 nitrogen and oxygen atoms in total. The van der Waals surface area contributed by atoms with Gasteiger partial charge in [-0.15, -0.1) is 11.6 Å². The molecule has 0 radical (unpaired) electrons. The Balaban J connectivity index is 1.85. The molecule has 1 aliphatic carbocycles. The van der Waals surface area contributed by atoms with E-state index in [-0.39, 0.29) is 18.5 Å². The molecule has 28 heavy (non-hydrogen) atoms. The Labute approximate surface area is 174 Å². The summed E-state index contributed by atoms with van der Waals surface area (Å²) in [6.07, 6.45) is 2.36. The summed E-state index contributed by atoms with van der Waals surface area (Å²) in [7, 11) is -1.50. The van der Waals surface area contributed by atoms with Crippen LogP contribution in [0.1, 0.15) is 44.2 Å². The van der Waals surface area contributed by atoms with Crippen molar-refractivity contribution in [3.05, 3.63) is 65.7 Å². The average molecular weight is 419 g/mol. The highest BCUT2D eigenvalue weighted by molar-refractivity contribution is 7.88. The van der Waals surface area contributed by atoms with Crippen LogP contribution in [-0.4, -0.2) is 14.4 Å². The summed E-state index contributed by atoms with van der Waals surface area (Å²) in [6, 6.07) is 17.1. The average Bonchev–Trinajstić information content (AvgIpc) is 3.21. The lowest BCUT2D eigenvalue weighted by molar-refractivity contribution is -0.152. The van der Waals surface area contributed by atoms with E-state index in [1.807, 2.05) is 68.4 Å². The van der Waals surface area contributed by atoms with Gasteiger partial charge in [0, 0.05) is 10.8 Å². The fraction of sp³-hybridized carbons (Fsp3) is 0.435. The molecule has 0 aromatic heterocycles. The molecule has 5 heteroatoms. The van der Waals surface area contributed by atoms with Crippen molar-refractivity contribution in [2.24, 2.45) is 11.3 Å². The molecule has 1 fully saturated rings. The molecular weight excluding hydrogens is 392 g/mol. The summed E-state index contributed by atoms with van der Waals surface area (Å²) in [5.74, 6) is -0.564. The summed E-state index contributed by atoms with van der Waals surface area (Å²) in [6.45, 7) is 6.17. The summed E-state index contributed by atoms with van der Waals surface area (Å²) in [5.41, 5.74) is 1.09. The van der Waals surface area contributed by atoms with Crippen molar-refractivity contribution in [2.75, 3.05) is 0 Å². The summed E-state index contributed by atoms with van der Waals surface area (Å²) in [4.78, 5) is 13.8. The lowest BCUT2D eigenvalue weighted by Gasteiger charge is -2.20. The van der Waals surface area contributed by atoms with Gasteiger partial charge in [0.25, 0.3) is 0 Å². The topological polar surface area (TPSA) is 43.4 Å². The first kappa shape index (κ1) is 21.1. The van der Waals surface area contributed by atoms with Crippen LogP contribution < -0.4 is 0 Å². The SMILES string of the molecule is CCCC[C@]1(C(=O)OCc2ccccc2)[C@H](C)[C@@]1(Cl)S(=O)c1ccc(C)cc1. The second kappa shape index (κ2) is 8.38. The van der Waals surface area contributed by atoms with Crippen molar-refractivity contribution < 1.29 is 13.7 Å². The molecule has 0 saturated heterocycles. The zero-order valence-corrected chi connectivity index (χ0v) is 18.2. The largest absolute Gasteiger partial charge is 0.460 e. The molecule has 2 aromatic rings. The monoisotopic (exact) mass is 418 g/mol. The Morgan fingerprint density at radius 2 is 1.79 bits per heavy atom. The maximum absolute atomic E-state index is 13.4. The van der Waals surface area contributed by atoms with E-state index >= 15 is 0 Å². The van der Waals surface area contributed by atoms with Gasteiger partial charge in [0.2, 0.25) is 0 Å². The van der Waals surface area contributed by atoms with Crippen molar-refractivity contribution in [1.29, 1.82) is 0 Å². The smallest absolute Gasteiger partial charge is 0.315 e. The summed E-state index contributed by atoms with van der Waals surface area (Å²) >= 11 is 6.95. The van der Waals surface area contributed by atoms with E-state index in [9.17, 15) is 9.00 Å². The standard InChI is InChI=1S/C23H27ClO3S/c1-4-5-15-22(21(25)27-16-19-9-7-6-8-10-19)18(3)23(22,24)28(26)20-13-11-17(2)12-14-20/h6-14,18H,4-5,15-16H2,1-3H3/t18-,22+,23+,28?/m0/s1. The van der Waals surface area contributed by atoms with Crippen LogP contribution in [0, 0.1) is 18.3 Å². The van der Waals surface area contributed by atoms with E-state index in [1.165, 1.54) is 0 Å². The van der Waals surface area contributed by atoms with Crippen LogP contribution in [0.4, 0.5) is 0 Å². The third-order valence-electron chi connectivity index (χ3n) is 5.83. The number of carbonyl (C=O) groups is 1. The Hall–Kier alpha value is -1.65. The van der Waals surface area contributed by atoms with Crippen molar-refractivity contribution in [3.63, 3.8) is 0 Å².